The van der Waals surface area contributed by atoms with Gasteiger partial charge in [-0.1, -0.05) is 12.8 Å². The number of hydrogen-bond donors (Lipinski definition) is 1. The molecule has 25 heavy (non-hydrogen) atoms. The van der Waals surface area contributed by atoms with E-state index in [1.807, 2.05) is 6.92 Å². The molecular formula is C18H28N4O3. The molecular weight excluding hydrogens is 320 g/mol. The number of aromatic nitrogens is 3. The third-order valence-corrected chi connectivity index (χ3v) is 6.38. The first-order chi connectivity index (χ1) is 12.1. The first kappa shape index (κ1) is 17.0. The summed E-state index contributed by atoms with van der Waals surface area (Å²) in [7, 11) is 0. The van der Waals surface area contributed by atoms with E-state index in [0.717, 1.165) is 57.3 Å². The van der Waals surface area contributed by atoms with E-state index in [0.29, 0.717) is 31.5 Å². The molecule has 1 amide bonds. The number of ether oxygens (including phenoxy) is 2. The molecule has 3 heterocycles. The number of likely N-dealkylation sites (tertiary alicyclic amines) is 1. The fourth-order valence-corrected chi connectivity index (χ4v) is 4.88. The van der Waals surface area contributed by atoms with Crippen LogP contribution in [0.2, 0.25) is 0 Å². The van der Waals surface area contributed by atoms with Crippen LogP contribution in [-0.2, 0) is 20.7 Å². The van der Waals surface area contributed by atoms with Crippen LogP contribution in [0.15, 0.2) is 6.20 Å². The smallest absolute Gasteiger partial charge is 0.229 e. The largest absolute Gasteiger partial charge is 0.348 e. The summed E-state index contributed by atoms with van der Waals surface area (Å²) in [6, 6.07) is 0. The number of rotatable bonds is 4. The number of piperidine rings is 1. The Morgan fingerprint density at radius 3 is 2.56 bits per heavy atom. The Morgan fingerprint density at radius 2 is 1.96 bits per heavy atom. The summed E-state index contributed by atoms with van der Waals surface area (Å²) < 4.78 is 11.6. The number of hydrogen-bond acceptors (Lipinski definition) is 5. The van der Waals surface area contributed by atoms with E-state index >= 15 is 0 Å². The zero-order chi connectivity index (χ0) is 17.3. The molecule has 0 unspecified atom stereocenters. The highest BCUT2D eigenvalue weighted by Gasteiger charge is 2.47. The topological polar surface area (TPSA) is 80.3 Å². The van der Waals surface area contributed by atoms with Crippen LogP contribution in [0, 0.1) is 11.3 Å². The first-order valence-electron chi connectivity index (χ1n) is 9.53. The average molecular weight is 348 g/mol. The molecule has 0 bridgehead atoms. The van der Waals surface area contributed by atoms with Gasteiger partial charge < -0.3 is 14.4 Å². The molecule has 0 atom stereocenters. The van der Waals surface area contributed by atoms with Crippen molar-refractivity contribution in [3.05, 3.63) is 11.9 Å². The molecule has 1 aromatic heterocycles. The summed E-state index contributed by atoms with van der Waals surface area (Å²) in [4.78, 5) is 15.4. The Balaban J connectivity index is 1.41. The number of aromatic amines is 1. The van der Waals surface area contributed by atoms with Gasteiger partial charge in [0.15, 0.2) is 5.79 Å². The average Bonchev–Trinajstić information content (AvgIpc) is 3.38. The van der Waals surface area contributed by atoms with Gasteiger partial charge >= 0.3 is 0 Å². The summed E-state index contributed by atoms with van der Waals surface area (Å²) in [5.74, 6) is 0.222. The third kappa shape index (κ3) is 3.19. The van der Waals surface area contributed by atoms with Crippen LogP contribution < -0.4 is 0 Å². The Bertz CT molecular complexity index is 583. The molecule has 7 heteroatoms. The van der Waals surface area contributed by atoms with Crippen molar-refractivity contribution in [3.63, 3.8) is 0 Å². The van der Waals surface area contributed by atoms with Crippen molar-refractivity contribution in [2.24, 2.45) is 11.3 Å². The van der Waals surface area contributed by atoms with Crippen molar-refractivity contribution in [2.45, 2.75) is 57.7 Å². The Labute approximate surface area is 148 Å². The van der Waals surface area contributed by atoms with Crippen molar-refractivity contribution >= 4 is 5.91 Å². The minimum absolute atomic E-state index is 0.284. The van der Waals surface area contributed by atoms with Crippen molar-refractivity contribution in [3.8, 4) is 0 Å². The summed E-state index contributed by atoms with van der Waals surface area (Å²) in [5, 5.41) is 10.8. The molecule has 138 valence electrons. The number of carbonyl (C=O) groups excluding carboxylic acids is 1. The number of nitrogens with one attached hydrogen (secondary N) is 1. The van der Waals surface area contributed by atoms with Gasteiger partial charge in [0.25, 0.3) is 0 Å². The van der Waals surface area contributed by atoms with Crippen LogP contribution in [0.25, 0.3) is 0 Å². The highest BCUT2D eigenvalue weighted by molar-refractivity contribution is 5.83. The molecule has 0 radical (unpaired) electrons. The Hall–Kier alpha value is -1.47. The zero-order valence-corrected chi connectivity index (χ0v) is 15.0. The highest BCUT2D eigenvalue weighted by Crippen LogP contribution is 2.43. The SMILES string of the molecule is CC1(C2CCN(C(=O)C3(Cc4cn[nH]n4)CCCC3)CC2)OCCO1. The first-order valence-corrected chi connectivity index (χ1v) is 9.53. The second kappa shape index (κ2) is 6.68. The molecule has 4 rings (SSSR count). The van der Waals surface area contributed by atoms with E-state index in [1.54, 1.807) is 6.20 Å². The van der Waals surface area contributed by atoms with Crippen LogP contribution in [0.1, 0.15) is 51.1 Å². The lowest BCUT2D eigenvalue weighted by Crippen LogP contribution is -2.50. The maximum absolute atomic E-state index is 13.4. The fourth-order valence-electron chi connectivity index (χ4n) is 4.88. The predicted molar refractivity (Wildman–Crippen MR) is 90.6 cm³/mol. The molecule has 7 nitrogen and oxygen atoms in total. The van der Waals surface area contributed by atoms with Crippen LogP contribution in [0.3, 0.4) is 0 Å². The lowest BCUT2D eigenvalue weighted by Gasteiger charge is -2.42. The molecule has 2 saturated heterocycles. The minimum atomic E-state index is -0.457. The number of amides is 1. The van der Waals surface area contributed by atoms with Crippen LogP contribution >= 0.6 is 0 Å². The molecule has 1 saturated carbocycles. The Morgan fingerprint density at radius 1 is 1.28 bits per heavy atom. The second-order valence-electron chi connectivity index (χ2n) is 7.90. The monoisotopic (exact) mass is 348 g/mol. The van der Waals surface area contributed by atoms with Gasteiger partial charge in [0.2, 0.25) is 5.91 Å². The van der Waals surface area contributed by atoms with E-state index in [-0.39, 0.29) is 5.41 Å². The van der Waals surface area contributed by atoms with Gasteiger partial charge in [0.05, 0.1) is 30.5 Å². The van der Waals surface area contributed by atoms with Gasteiger partial charge in [0.1, 0.15) is 0 Å². The molecule has 1 N–H and O–H groups in total. The predicted octanol–water partition coefficient (Wildman–Crippen LogP) is 1.91. The summed E-state index contributed by atoms with van der Waals surface area (Å²) >= 11 is 0. The van der Waals surface area contributed by atoms with Crippen LogP contribution in [0.4, 0.5) is 0 Å². The molecule has 1 aliphatic carbocycles. The minimum Gasteiger partial charge on any atom is -0.348 e. The van der Waals surface area contributed by atoms with Crippen LogP contribution in [-0.4, -0.2) is 58.3 Å². The fraction of sp³-hybridized carbons (Fsp3) is 0.833. The van der Waals surface area contributed by atoms with E-state index in [4.69, 9.17) is 9.47 Å². The number of H-pyrrole nitrogens is 1. The van der Waals surface area contributed by atoms with Gasteiger partial charge in [-0.25, -0.2) is 0 Å². The maximum atomic E-state index is 13.4. The lowest BCUT2D eigenvalue weighted by atomic mass is 9.79. The molecule has 3 aliphatic rings. The van der Waals surface area contributed by atoms with Gasteiger partial charge in [-0.15, -0.1) is 0 Å². The lowest BCUT2D eigenvalue weighted by molar-refractivity contribution is -0.192. The Kier molecular flexibility index (Phi) is 4.54. The van der Waals surface area contributed by atoms with E-state index in [2.05, 4.69) is 20.3 Å². The summed E-state index contributed by atoms with van der Waals surface area (Å²) in [6.07, 6.45) is 8.51. The van der Waals surface area contributed by atoms with Crippen LogP contribution in [0.5, 0.6) is 0 Å². The van der Waals surface area contributed by atoms with E-state index in [1.165, 1.54) is 0 Å². The van der Waals surface area contributed by atoms with Gasteiger partial charge in [0, 0.05) is 25.4 Å². The number of nitrogens with zero attached hydrogens (tertiary/aromatic N) is 3. The van der Waals surface area contributed by atoms with E-state index < -0.39 is 5.79 Å². The van der Waals surface area contributed by atoms with E-state index in [9.17, 15) is 4.79 Å². The quantitative estimate of drug-likeness (QED) is 0.899. The van der Waals surface area contributed by atoms with Gasteiger partial charge in [-0.2, -0.15) is 15.4 Å². The van der Waals surface area contributed by atoms with Gasteiger partial charge in [-0.05, 0) is 32.6 Å². The summed E-state index contributed by atoms with van der Waals surface area (Å²) in [6.45, 7) is 5.00. The molecule has 3 fully saturated rings. The highest BCUT2D eigenvalue weighted by atomic mass is 16.7. The summed E-state index contributed by atoms with van der Waals surface area (Å²) in [5.41, 5.74) is 0.610. The van der Waals surface area contributed by atoms with Crippen molar-refractivity contribution in [1.82, 2.24) is 20.3 Å². The normalized spacial score (nSPS) is 26.2. The molecule has 0 spiro atoms. The number of carbonyl (C=O) groups is 1. The molecule has 0 aromatic carbocycles. The third-order valence-electron chi connectivity index (χ3n) is 6.38. The standard InChI is InChI=1S/C18H28N4O3/c1-17(24-10-11-25-17)14-4-8-22(9-5-14)16(23)18(6-2-3-7-18)12-15-13-19-21-20-15/h13-14H,2-12H2,1H3,(H,19,20,21). The van der Waals surface area contributed by atoms with Crippen molar-refractivity contribution in [2.75, 3.05) is 26.3 Å². The molecule has 1 aromatic rings. The zero-order valence-electron chi connectivity index (χ0n) is 15.0. The van der Waals surface area contributed by atoms with Crippen molar-refractivity contribution < 1.29 is 14.3 Å². The maximum Gasteiger partial charge on any atom is 0.229 e. The second-order valence-corrected chi connectivity index (χ2v) is 7.90. The molecule has 2 aliphatic heterocycles. The van der Waals surface area contributed by atoms with Gasteiger partial charge in [-0.3, -0.25) is 4.79 Å². The van der Waals surface area contributed by atoms with Crippen molar-refractivity contribution in [1.29, 1.82) is 0 Å².